The minimum atomic E-state index is -0.0991. The number of amides is 2. The van der Waals surface area contributed by atoms with Gasteiger partial charge in [-0.3, -0.25) is 0 Å². The molecule has 1 aromatic heterocycles. The molecule has 5 nitrogen and oxygen atoms in total. The van der Waals surface area contributed by atoms with Gasteiger partial charge in [0, 0.05) is 35.6 Å². The summed E-state index contributed by atoms with van der Waals surface area (Å²) in [5, 5.41) is 7.23. The van der Waals surface area contributed by atoms with Crippen LogP contribution in [-0.2, 0) is 19.3 Å². The number of aromatic nitrogens is 1. The molecular formula is C21H23N3O2. The monoisotopic (exact) mass is 349 g/mol. The second-order valence-corrected chi connectivity index (χ2v) is 6.73. The Kier molecular flexibility index (Phi) is 4.52. The number of hydrogen-bond donors (Lipinski definition) is 3. The van der Waals surface area contributed by atoms with E-state index in [1.54, 1.807) is 7.11 Å². The number of carbonyl (C=O) groups is 1. The van der Waals surface area contributed by atoms with E-state index in [4.69, 9.17) is 4.74 Å². The minimum absolute atomic E-state index is 0.0991. The fraction of sp³-hybridized carbons (Fsp3) is 0.286. The van der Waals surface area contributed by atoms with Crippen molar-refractivity contribution in [1.82, 2.24) is 15.6 Å². The van der Waals surface area contributed by atoms with Gasteiger partial charge >= 0.3 is 6.03 Å². The second kappa shape index (κ2) is 7.12. The summed E-state index contributed by atoms with van der Waals surface area (Å²) in [4.78, 5) is 15.6. The molecule has 134 valence electrons. The third kappa shape index (κ3) is 3.38. The molecule has 4 rings (SSSR count). The second-order valence-electron chi connectivity index (χ2n) is 6.73. The standard InChI is InChI=1S/C21H23N3O2/c1-26-16-7-8-19-18(13-16)17-11-15(12-20(17)24-19)23-21(25)22-10-9-14-5-3-2-4-6-14/h2-8,13,15,24H,9-12H2,1H3,(H2,22,23,25). The number of methoxy groups -OCH3 is 1. The molecule has 1 aliphatic rings. The van der Waals surface area contributed by atoms with Crippen molar-refractivity contribution >= 4 is 16.9 Å². The number of ether oxygens (including phenoxy) is 1. The highest BCUT2D eigenvalue weighted by molar-refractivity contribution is 5.87. The molecule has 5 heteroatoms. The third-order valence-corrected chi connectivity index (χ3v) is 4.98. The van der Waals surface area contributed by atoms with Crippen molar-refractivity contribution in [3.63, 3.8) is 0 Å². The van der Waals surface area contributed by atoms with Crippen molar-refractivity contribution in [1.29, 1.82) is 0 Å². The Morgan fingerprint density at radius 2 is 2.04 bits per heavy atom. The van der Waals surface area contributed by atoms with Crippen LogP contribution in [0, 0.1) is 0 Å². The van der Waals surface area contributed by atoms with Gasteiger partial charge in [0.2, 0.25) is 0 Å². The number of aromatic amines is 1. The normalized spacial score (nSPS) is 15.7. The quantitative estimate of drug-likeness (QED) is 0.662. The molecule has 3 N–H and O–H groups in total. The highest BCUT2D eigenvalue weighted by Crippen LogP contribution is 2.32. The van der Waals surface area contributed by atoms with Crippen molar-refractivity contribution in [3.8, 4) is 5.75 Å². The van der Waals surface area contributed by atoms with Gasteiger partial charge in [-0.2, -0.15) is 0 Å². The molecule has 1 aliphatic carbocycles. The van der Waals surface area contributed by atoms with Crippen LogP contribution in [0.5, 0.6) is 5.75 Å². The van der Waals surface area contributed by atoms with Gasteiger partial charge in [0.25, 0.3) is 0 Å². The summed E-state index contributed by atoms with van der Waals surface area (Å²) in [5.41, 5.74) is 4.85. The number of fused-ring (bicyclic) bond motifs is 3. The summed E-state index contributed by atoms with van der Waals surface area (Å²) in [7, 11) is 1.68. The first-order valence-electron chi connectivity index (χ1n) is 8.98. The van der Waals surface area contributed by atoms with Gasteiger partial charge in [-0.05, 0) is 42.2 Å². The molecule has 3 aromatic rings. The number of H-pyrrole nitrogens is 1. The van der Waals surface area contributed by atoms with E-state index in [1.165, 1.54) is 22.2 Å². The lowest BCUT2D eigenvalue weighted by Crippen LogP contribution is -2.43. The zero-order valence-electron chi connectivity index (χ0n) is 14.8. The van der Waals surface area contributed by atoms with E-state index in [-0.39, 0.29) is 12.1 Å². The summed E-state index contributed by atoms with van der Waals surface area (Å²) < 4.78 is 5.33. The summed E-state index contributed by atoms with van der Waals surface area (Å²) in [6, 6.07) is 16.3. The first-order valence-corrected chi connectivity index (χ1v) is 8.98. The van der Waals surface area contributed by atoms with Gasteiger partial charge in [-0.25, -0.2) is 4.79 Å². The van der Waals surface area contributed by atoms with Crippen molar-refractivity contribution in [2.24, 2.45) is 0 Å². The van der Waals surface area contributed by atoms with E-state index in [0.717, 1.165) is 30.5 Å². The number of urea groups is 1. The van der Waals surface area contributed by atoms with Crippen LogP contribution in [-0.4, -0.2) is 30.7 Å². The number of carbonyl (C=O) groups excluding carboxylic acids is 1. The lowest BCUT2D eigenvalue weighted by molar-refractivity contribution is 0.237. The van der Waals surface area contributed by atoms with Crippen LogP contribution >= 0.6 is 0 Å². The van der Waals surface area contributed by atoms with Crippen LogP contribution < -0.4 is 15.4 Å². The van der Waals surface area contributed by atoms with Crippen molar-refractivity contribution in [3.05, 3.63) is 65.4 Å². The molecule has 0 saturated carbocycles. The molecule has 0 spiro atoms. The van der Waals surface area contributed by atoms with Gasteiger partial charge in [0.15, 0.2) is 0 Å². The van der Waals surface area contributed by atoms with Crippen LogP contribution in [0.2, 0.25) is 0 Å². The fourth-order valence-corrected chi connectivity index (χ4v) is 3.69. The topological polar surface area (TPSA) is 66.1 Å². The highest BCUT2D eigenvalue weighted by atomic mass is 16.5. The SMILES string of the molecule is COc1ccc2[nH]c3c(c2c1)CC(NC(=O)NCCc1ccccc1)C3. The van der Waals surface area contributed by atoms with E-state index >= 15 is 0 Å². The average Bonchev–Trinajstić information content (AvgIpc) is 3.19. The van der Waals surface area contributed by atoms with Gasteiger partial charge in [-0.15, -0.1) is 0 Å². The number of benzene rings is 2. The maximum absolute atomic E-state index is 12.2. The number of rotatable bonds is 5. The van der Waals surface area contributed by atoms with Crippen molar-refractivity contribution in [2.45, 2.75) is 25.3 Å². The smallest absolute Gasteiger partial charge is 0.315 e. The van der Waals surface area contributed by atoms with Gasteiger partial charge < -0.3 is 20.4 Å². The van der Waals surface area contributed by atoms with Crippen LogP contribution in [0.3, 0.4) is 0 Å². The van der Waals surface area contributed by atoms with Crippen LogP contribution in [0.25, 0.3) is 10.9 Å². The zero-order valence-corrected chi connectivity index (χ0v) is 14.8. The molecule has 0 fully saturated rings. The van der Waals surface area contributed by atoms with Crippen molar-refractivity contribution < 1.29 is 9.53 Å². The summed E-state index contributed by atoms with van der Waals surface area (Å²) in [5.74, 6) is 0.856. The molecule has 2 amide bonds. The Balaban J connectivity index is 1.32. The predicted octanol–water partition coefficient (Wildman–Crippen LogP) is 3.19. The maximum atomic E-state index is 12.2. The molecule has 1 atom stereocenters. The molecule has 0 saturated heterocycles. The van der Waals surface area contributed by atoms with Crippen molar-refractivity contribution in [2.75, 3.05) is 13.7 Å². The molecule has 0 radical (unpaired) electrons. The minimum Gasteiger partial charge on any atom is -0.497 e. The summed E-state index contributed by atoms with van der Waals surface area (Å²) >= 11 is 0. The van der Waals surface area contributed by atoms with E-state index < -0.39 is 0 Å². The third-order valence-electron chi connectivity index (χ3n) is 4.98. The Hall–Kier alpha value is -2.95. The van der Waals surface area contributed by atoms with Gasteiger partial charge in [0.05, 0.1) is 7.11 Å². The Morgan fingerprint density at radius 1 is 1.19 bits per heavy atom. The van der Waals surface area contributed by atoms with E-state index in [2.05, 4.69) is 33.8 Å². The van der Waals surface area contributed by atoms with E-state index in [9.17, 15) is 4.79 Å². The Labute approximate surface area is 152 Å². The van der Waals surface area contributed by atoms with Gasteiger partial charge in [0.1, 0.15) is 5.75 Å². The average molecular weight is 349 g/mol. The van der Waals surface area contributed by atoms with Gasteiger partial charge in [-0.1, -0.05) is 30.3 Å². The van der Waals surface area contributed by atoms with Crippen LogP contribution in [0.1, 0.15) is 16.8 Å². The molecule has 1 unspecified atom stereocenters. The summed E-state index contributed by atoms with van der Waals surface area (Å²) in [6.45, 7) is 0.633. The fourth-order valence-electron chi connectivity index (χ4n) is 3.69. The van der Waals surface area contributed by atoms with E-state index in [1.807, 2.05) is 30.3 Å². The molecule has 0 aliphatic heterocycles. The molecule has 1 heterocycles. The lowest BCUT2D eigenvalue weighted by atomic mass is 10.1. The molecule has 2 aromatic carbocycles. The predicted molar refractivity (Wildman–Crippen MR) is 103 cm³/mol. The lowest BCUT2D eigenvalue weighted by Gasteiger charge is -2.13. The van der Waals surface area contributed by atoms with Crippen LogP contribution in [0.4, 0.5) is 4.79 Å². The number of nitrogens with one attached hydrogen (secondary N) is 3. The molecule has 0 bridgehead atoms. The zero-order chi connectivity index (χ0) is 17.9. The molecular weight excluding hydrogens is 326 g/mol. The maximum Gasteiger partial charge on any atom is 0.315 e. The largest absolute Gasteiger partial charge is 0.497 e. The first-order chi connectivity index (χ1) is 12.7. The Morgan fingerprint density at radius 3 is 2.85 bits per heavy atom. The van der Waals surface area contributed by atoms with Crippen LogP contribution in [0.15, 0.2) is 48.5 Å². The highest BCUT2D eigenvalue weighted by Gasteiger charge is 2.26. The molecule has 26 heavy (non-hydrogen) atoms. The first kappa shape index (κ1) is 16.5. The summed E-state index contributed by atoms with van der Waals surface area (Å²) in [6.07, 6.45) is 2.51. The Bertz CT molecular complexity index is 918. The number of hydrogen-bond acceptors (Lipinski definition) is 2. The van der Waals surface area contributed by atoms with E-state index in [0.29, 0.717) is 6.54 Å².